The standard InChI is InChI=1S/C12H19N3O5S/c1-7(16)10(13)6-15-21(18,19)8-3-4-11(20-2)9(5-8)12(14)17/h3-5,7,10,15-16H,6,13H2,1-2H3,(H2,14,17). The molecule has 0 bridgehead atoms. The second-order valence-electron chi connectivity index (χ2n) is 4.48. The lowest BCUT2D eigenvalue weighted by molar-refractivity contribution is 0.0997. The van der Waals surface area contributed by atoms with Crippen LogP contribution in [-0.4, -0.2) is 45.2 Å². The molecule has 1 rings (SSSR count). The smallest absolute Gasteiger partial charge is 0.252 e. The number of ether oxygens (including phenoxy) is 1. The van der Waals surface area contributed by atoms with Gasteiger partial charge in [-0.05, 0) is 25.1 Å². The number of benzene rings is 1. The summed E-state index contributed by atoms with van der Waals surface area (Å²) in [6.07, 6.45) is -0.857. The normalized spacial score (nSPS) is 14.5. The third-order valence-electron chi connectivity index (χ3n) is 2.88. The van der Waals surface area contributed by atoms with Gasteiger partial charge in [0.25, 0.3) is 5.91 Å². The minimum Gasteiger partial charge on any atom is -0.496 e. The summed E-state index contributed by atoms with van der Waals surface area (Å²) in [5.74, 6) is -0.619. The van der Waals surface area contributed by atoms with Gasteiger partial charge < -0.3 is 21.3 Å². The van der Waals surface area contributed by atoms with E-state index in [-0.39, 0.29) is 22.8 Å². The first-order valence-electron chi connectivity index (χ1n) is 6.10. The summed E-state index contributed by atoms with van der Waals surface area (Å²) in [5, 5.41) is 9.24. The van der Waals surface area contributed by atoms with Crippen molar-refractivity contribution >= 4 is 15.9 Å². The number of methoxy groups -OCH3 is 1. The van der Waals surface area contributed by atoms with Crippen molar-refractivity contribution in [2.24, 2.45) is 11.5 Å². The number of carbonyl (C=O) groups is 1. The monoisotopic (exact) mass is 317 g/mol. The Hall–Kier alpha value is -1.68. The average Bonchev–Trinajstić information content (AvgIpc) is 2.43. The molecule has 0 aliphatic rings. The fraction of sp³-hybridized carbons (Fsp3) is 0.417. The molecule has 9 heteroatoms. The minimum absolute atomic E-state index is 0.0415. The van der Waals surface area contributed by atoms with Crippen molar-refractivity contribution in [1.82, 2.24) is 4.72 Å². The first kappa shape index (κ1) is 17.4. The van der Waals surface area contributed by atoms with E-state index < -0.39 is 28.1 Å². The van der Waals surface area contributed by atoms with Crippen LogP contribution < -0.4 is 20.9 Å². The molecule has 118 valence electrons. The van der Waals surface area contributed by atoms with E-state index in [1.165, 1.54) is 26.2 Å². The van der Waals surface area contributed by atoms with Crippen molar-refractivity contribution in [3.05, 3.63) is 23.8 Å². The molecular formula is C12H19N3O5S. The van der Waals surface area contributed by atoms with Gasteiger partial charge in [-0.15, -0.1) is 0 Å². The highest BCUT2D eigenvalue weighted by Gasteiger charge is 2.20. The van der Waals surface area contributed by atoms with Gasteiger partial charge in [-0.1, -0.05) is 0 Å². The van der Waals surface area contributed by atoms with E-state index in [2.05, 4.69) is 4.72 Å². The molecule has 2 atom stereocenters. The highest BCUT2D eigenvalue weighted by Crippen LogP contribution is 2.21. The van der Waals surface area contributed by atoms with Gasteiger partial charge in [0.05, 0.1) is 23.7 Å². The maximum absolute atomic E-state index is 12.1. The van der Waals surface area contributed by atoms with Crippen molar-refractivity contribution in [3.8, 4) is 5.75 Å². The van der Waals surface area contributed by atoms with Crippen molar-refractivity contribution in [2.45, 2.75) is 24.0 Å². The Morgan fingerprint density at radius 1 is 1.48 bits per heavy atom. The molecule has 0 saturated carbocycles. The van der Waals surface area contributed by atoms with Crippen molar-refractivity contribution in [3.63, 3.8) is 0 Å². The molecule has 0 aromatic heterocycles. The zero-order valence-electron chi connectivity index (χ0n) is 11.7. The molecule has 1 aromatic rings. The van der Waals surface area contributed by atoms with Gasteiger partial charge in [-0.25, -0.2) is 13.1 Å². The number of hydrogen-bond acceptors (Lipinski definition) is 6. The Morgan fingerprint density at radius 3 is 2.57 bits per heavy atom. The number of carbonyl (C=O) groups excluding carboxylic acids is 1. The Balaban J connectivity index is 3.04. The molecule has 1 aromatic carbocycles. The van der Waals surface area contributed by atoms with Crippen LogP contribution in [0.2, 0.25) is 0 Å². The molecule has 6 N–H and O–H groups in total. The lowest BCUT2D eigenvalue weighted by Crippen LogP contribution is -2.43. The first-order chi connectivity index (χ1) is 9.69. The van der Waals surface area contributed by atoms with Gasteiger partial charge in [-0.3, -0.25) is 4.79 Å². The number of amides is 1. The van der Waals surface area contributed by atoms with Crippen LogP contribution in [0.4, 0.5) is 0 Å². The molecule has 2 unspecified atom stereocenters. The van der Waals surface area contributed by atoms with E-state index >= 15 is 0 Å². The van der Waals surface area contributed by atoms with E-state index in [1.807, 2.05) is 0 Å². The zero-order chi connectivity index (χ0) is 16.2. The summed E-state index contributed by atoms with van der Waals surface area (Å²) in [4.78, 5) is 11.1. The third kappa shape index (κ3) is 4.39. The third-order valence-corrected chi connectivity index (χ3v) is 4.30. The van der Waals surface area contributed by atoms with E-state index in [0.29, 0.717) is 0 Å². The summed E-state index contributed by atoms with van der Waals surface area (Å²) >= 11 is 0. The van der Waals surface area contributed by atoms with Gasteiger partial charge >= 0.3 is 0 Å². The first-order valence-corrected chi connectivity index (χ1v) is 7.58. The lowest BCUT2D eigenvalue weighted by atomic mass is 10.2. The predicted octanol–water partition coefficient (Wildman–Crippen LogP) is -1.22. The van der Waals surface area contributed by atoms with Crippen molar-refractivity contribution < 1.29 is 23.1 Å². The van der Waals surface area contributed by atoms with E-state index in [9.17, 15) is 18.3 Å². The molecule has 0 fully saturated rings. The molecule has 21 heavy (non-hydrogen) atoms. The maximum atomic E-state index is 12.1. The quantitative estimate of drug-likeness (QED) is 0.496. The van der Waals surface area contributed by atoms with Crippen LogP contribution in [-0.2, 0) is 10.0 Å². The number of hydrogen-bond donors (Lipinski definition) is 4. The van der Waals surface area contributed by atoms with Crippen molar-refractivity contribution in [1.29, 1.82) is 0 Å². The van der Waals surface area contributed by atoms with Gasteiger partial charge in [0.1, 0.15) is 5.75 Å². The van der Waals surface area contributed by atoms with Crippen LogP contribution in [0.15, 0.2) is 23.1 Å². The second-order valence-corrected chi connectivity index (χ2v) is 6.25. The number of aliphatic hydroxyl groups excluding tert-OH is 1. The van der Waals surface area contributed by atoms with Gasteiger partial charge in [0.15, 0.2) is 0 Å². The summed E-state index contributed by atoms with van der Waals surface area (Å²) in [5.41, 5.74) is 10.7. The number of primary amides is 1. The Bertz CT molecular complexity index is 615. The van der Waals surface area contributed by atoms with Gasteiger partial charge in [0.2, 0.25) is 10.0 Å². The van der Waals surface area contributed by atoms with Crippen LogP contribution >= 0.6 is 0 Å². The van der Waals surface area contributed by atoms with Crippen LogP contribution in [0, 0.1) is 0 Å². The molecular weight excluding hydrogens is 298 g/mol. The van der Waals surface area contributed by atoms with Crippen LogP contribution in [0.1, 0.15) is 17.3 Å². The molecule has 1 amide bonds. The summed E-state index contributed by atoms with van der Waals surface area (Å²) in [6.45, 7) is 1.31. The van der Waals surface area contributed by atoms with Crippen LogP contribution in [0.3, 0.4) is 0 Å². The van der Waals surface area contributed by atoms with E-state index in [1.54, 1.807) is 0 Å². The van der Waals surface area contributed by atoms with Crippen LogP contribution in [0.5, 0.6) is 5.75 Å². The molecule has 8 nitrogen and oxygen atoms in total. The molecule has 0 heterocycles. The Kier molecular flexibility index (Phi) is 5.67. The fourth-order valence-corrected chi connectivity index (χ4v) is 2.61. The largest absolute Gasteiger partial charge is 0.496 e. The summed E-state index contributed by atoms with van der Waals surface area (Å²) < 4.78 is 31.4. The topological polar surface area (TPSA) is 145 Å². The van der Waals surface area contributed by atoms with Gasteiger partial charge in [0, 0.05) is 12.6 Å². The SMILES string of the molecule is COc1ccc(S(=O)(=O)NCC(N)C(C)O)cc1C(N)=O. The number of nitrogens with two attached hydrogens (primary N) is 2. The molecule has 0 aliphatic heterocycles. The lowest BCUT2D eigenvalue weighted by Gasteiger charge is -2.16. The molecule has 0 radical (unpaired) electrons. The maximum Gasteiger partial charge on any atom is 0.252 e. The number of nitrogens with one attached hydrogen (secondary N) is 1. The van der Waals surface area contributed by atoms with Crippen molar-refractivity contribution in [2.75, 3.05) is 13.7 Å². The Morgan fingerprint density at radius 2 is 2.10 bits per heavy atom. The second kappa shape index (κ2) is 6.85. The molecule has 0 saturated heterocycles. The zero-order valence-corrected chi connectivity index (χ0v) is 12.6. The predicted molar refractivity (Wildman–Crippen MR) is 76.4 cm³/mol. The number of rotatable bonds is 7. The number of sulfonamides is 1. The average molecular weight is 317 g/mol. The summed E-state index contributed by atoms with van der Waals surface area (Å²) in [6, 6.07) is 3.00. The highest BCUT2D eigenvalue weighted by molar-refractivity contribution is 7.89. The number of aliphatic hydroxyl groups is 1. The van der Waals surface area contributed by atoms with Crippen LogP contribution in [0.25, 0.3) is 0 Å². The highest BCUT2D eigenvalue weighted by atomic mass is 32.2. The Labute approximate surface area is 123 Å². The fourth-order valence-electron chi connectivity index (χ4n) is 1.51. The molecule has 0 aliphatic carbocycles. The minimum atomic E-state index is -3.87. The van der Waals surface area contributed by atoms with E-state index in [0.717, 1.165) is 6.07 Å². The van der Waals surface area contributed by atoms with Gasteiger partial charge in [-0.2, -0.15) is 0 Å². The van der Waals surface area contributed by atoms with E-state index in [4.69, 9.17) is 16.2 Å². The summed E-state index contributed by atoms with van der Waals surface area (Å²) in [7, 11) is -2.53. The molecule has 0 spiro atoms.